The van der Waals surface area contributed by atoms with Crippen molar-refractivity contribution in [3.63, 3.8) is 0 Å². The number of fused-ring (bicyclic) bond motifs is 1. The van der Waals surface area contributed by atoms with Crippen LogP contribution in [0.25, 0.3) is 0 Å². The minimum Gasteiger partial charge on any atom is -0.454 e. The van der Waals surface area contributed by atoms with Crippen LogP contribution in [0.4, 0.5) is 4.79 Å². The van der Waals surface area contributed by atoms with Crippen molar-refractivity contribution in [3.8, 4) is 11.5 Å². The Morgan fingerprint density at radius 1 is 1.04 bits per heavy atom. The lowest BCUT2D eigenvalue weighted by molar-refractivity contribution is 0.174. The van der Waals surface area contributed by atoms with E-state index in [9.17, 15) is 9.00 Å². The summed E-state index contributed by atoms with van der Waals surface area (Å²) in [5.41, 5.74) is 0.919. The first-order valence-corrected chi connectivity index (χ1v) is 8.88. The molecule has 0 radical (unpaired) electrons. The molecule has 0 fully saturated rings. The van der Waals surface area contributed by atoms with Crippen LogP contribution in [-0.4, -0.2) is 29.3 Å². The molecule has 6 nitrogen and oxygen atoms in total. The van der Waals surface area contributed by atoms with Crippen molar-refractivity contribution in [2.24, 2.45) is 0 Å². The molecule has 0 bridgehead atoms. The topological polar surface area (TPSA) is 76.7 Å². The molecular weight excluding hydrogens is 328 g/mol. The number of nitrogens with one attached hydrogen (secondary N) is 2. The van der Waals surface area contributed by atoms with Gasteiger partial charge in [0.15, 0.2) is 11.5 Å². The molecular formula is C17H18N2O4S. The van der Waals surface area contributed by atoms with E-state index in [0.29, 0.717) is 30.3 Å². The fourth-order valence-electron chi connectivity index (χ4n) is 2.24. The Morgan fingerprint density at radius 3 is 2.67 bits per heavy atom. The number of urea groups is 1. The average Bonchev–Trinajstić information content (AvgIpc) is 3.08. The number of carbonyl (C=O) groups excluding carboxylic acids is 1. The van der Waals surface area contributed by atoms with Crippen LogP contribution in [0.2, 0.25) is 0 Å². The van der Waals surface area contributed by atoms with Crippen molar-refractivity contribution in [1.82, 2.24) is 10.6 Å². The number of rotatable bonds is 6. The Labute approximate surface area is 142 Å². The largest absolute Gasteiger partial charge is 0.454 e. The first-order chi connectivity index (χ1) is 11.7. The van der Waals surface area contributed by atoms with Crippen LogP contribution in [0.1, 0.15) is 5.56 Å². The monoisotopic (exact) mass is 346 g/mol. The average molecular weight is 346 g/mol. The zero-order valence-electron chi connectivity index (χ0n) is 13.0. The van der Waals surface area contributed by atoms with Crippen LogP contribution in [0.5, 0.6) is 11.5 Å². The molecule has 24 heavy (non-hydrogen) atoms. The SMILES string of the molecule is O=C(NCC[S@](=O)c1ccccc1)NCc1ccc2c(c1)OCO2. The third kappa shape index (κ3) is 4.26. The molecule has 2 aromatic rings. The molecule has 1 aliphatic heterocycles. The minimum atomic E-state index is -1.11. The van der Waals surface area contributed by atoms with E-state index in [4.69, 9.17) is 9.47 Å². The van der Waals surface area contributed by atoms with E-state index in [1.165, 1.54) is 0 Å². The Morgan fingerprint density at radius 2 is 1.83 bits per heavy atom. The van der Waals surface area contributed by atoms with Gasteiger partial charge in [0.05, 0.1) is 10.8 Å². The molecule has 1 heterocycles. The lowest BCUT2D eigenvalue weighted by Gasteiger charge is -2.08. The van der Waals surface area contributed by atoms with Crippen LogP contribution >= 0.6 is 0 Å². The highest BCUT2D eigenvalue weighted by Crippen LogP contribution is 2.32. The summed E-state index contributed by atoms with van der Waals surface area (Å²) in [5, 5.41) is 5.47. The molecule has 0 aromatic heterocycles. The van der Waals surface area contributed by atoms with Crippen molar-refractivity contribution in [1.29, 1.82) is 0 Å². The Bertz CT molecular complexity index is 737. The molecule has 1 atom stereocenters. The van der Waals surface area contributed by atoms with Crippen molar-refractivity contribution in [3.05, 3.63) is 54.1 Å². The van der Waals surface area contributed by atoms with E-state index >= 15 is 0 Å². The highest BCUT2D eigenvalue weighted by Gasteiger charge is 2.13. The van der Waals surface area contributed by atoms with Gasteiger partial charge < -0.3 is 20.1 Å². The predicted molar refractivity (Wildman–Crippen MR) is 90.5 cm³/mol. The molecule has 2 amide bonds. The highest BCUT2D eigenvalue weighted by molar-refractivity contribution is 7.85. The van der Waals surface area contributed by atoms with Gasteiger partial charge in [0.25, 0.3) is 0 Å². The molecule has 0 saturated heterocycles. The molecule has 0 unspecified atom stereocenters. The van der Waals surface area contributed by atoms with E-state index in [-0.39, 0.29) is 12.8 Å². The van der Waals surface area contributed by atoms with Gasteiger partial charge in [-0.3, -0.25) is 4.21 Å². The smallest absolute Gasteiger partial charge is 0.315 e. The zero-order valence-corrected chi connectivity index (χ0v) is 13.8. The van der Waals surface area contributed by atoms with E-state index in [1.54, 1.807) is 0 Å². The van der Waals surface area contributed by atoms with Gasteiger partial charge in [-0.1, -0.05) is 24.3 Å². The van der Waals surface area contributed by atoms with Crippen LogP contribution in [0.15, 0.2) is 53.4 Å². The third-order valence-corrected chi connectivity index (χ3v) is 4.84. The van der Waals surface area contributed by atoms with Crippen molar-refractivity contribution < 1.29 is 18.5 Å². The van der Waals surface area contributed by atoms with Gasteiger partial charge >= 0.3 is 6.03 Å². The second-order valence-corrected chi connectivity index (χ2v) is 6.73. The Balaban J connectivity index is 1.39. The maximum atomic E-state index is 12.0. The maximum absolute atomic E-state index is 12.0. The predicted octanol–water partition coefficient (Wildman–Crippen LogP) is 2.02. The summed E-state index contributed by atoms with van der Waals surface area (Å²) >= 11 is 0. The summed E-state index contributed by atoms with van der Waals surface area (Å²) in [6.07, 6.45) is 0. The number of benzene rings is 2. The van der Waals surface area contributed by atoms with Gasteiger partial charge in [-0.05, 0) is 29.8 Å². The van der Waals surface area contributed by atoms with E-state index in [1.807, 2.05) is 48.5 Å². The quantitative estimate of drug-likeness (QED) is 0.839. The molecule has 0 saturated carbocycles. The first kappa shape index (κ1) is 16.3. The highest BCUT2D eigenvalue weighted by atomic mass is 32.2. The fourth-order valence-corrected chi connectivity index (χ4v) is 3.23. The first-order valence-electron chi connectivity index (χ1n) is 7.56. The minimum absolute atomic E-state index is 0.227. The van der Waals surface area contributed by atoms with Gasteiger partial charge in [0, 0.05) is 23.7 Å². The molecule has 126 valence electrons. The third-order valence-electron chi connectivity index (χ3n) is 3.47. The standard InChI is InChI=1S/C17H18N2O4S/c20-17(18-8-9-24(21)14-4-2-1-3-5-14)19-11-13-6-7-15-16(10-13)23-12-22-15/h1-7,10H,8-9,11-12H2,(H2,18,19,20)/t24-/m0/s1. The molecule has 2 N–H and O–H groups in total. The molecule has 1 aliphatic rings. The van der Waals surface area contributed by atoms with Crippen LogP contribution < -0.4 is 20.1 Å². The summed E-state index contributed by atoms with van der Waals surface area (Å²) in [7, 11) is -1.11. The summed E-state index contributed by atoms with van der Waals surface area (Å²) in [6.45, 7) is 0.948. The molecule has 0 aliphatic carbocycles. The van der Waals surface area contributed by atoms with Crippen LogP contribution in [0, 0.1) is 0 Å². The molecule has 0 spiro atoms. The fraction of sp³-hybridized carbons (Fsp3) is 0.235. The molecule has 7 heteroatoms. The van der Waals surface area contributed by atoms with Crippen LogP contribution in [-0.2, 0) is 17.3 Å². The van der Waals surface area contributed by atoms with Crippen LogP contribution in [0.3, 0.4) is 0 Å². The zero-order chi connectivity index (χ0) is 16.8. The summed E-state index contributed by atoms with van der Waals surface area (Å²) in [5.74, 6) is 1.78. The van der Waals surface area contributed by atoms with Gasteiger partial charge in [-0.15, -0.1) is 0 Å². The van der Waals surface area contributed by atoms with Gasteiger partial charge in [-0.2, -0.15) is 0 Å². The summed E-state index contributed by atoms with van der Waals surface area (Å²) in [6, 6.07) is 14.4. The summed E-state index contributed by atoms with van der Waals surface area (Å²) in [4.78, 5) is 12.6. The number of amides is 2. The van der Waals surface area contributed by atoms with Crippen molar-refractivity contribution >= 4 is 16.8 Å². The Hall–Kier alpha value is -2.54. The van der Waals surface area contributed by atoms with E-state index in [2.05, 4.69) is 10.6 Å². The van der Waals surface area contributed by atoms with E-state index in [0.717, 1.165) is 10.5 Å². The molecule has 2 aromatic carbocycles. The van der Waals surface area contributed by atoms with Gasteiger partial charge in [0.2, 0.25) is 6.79 Å². The molecule has 3 rings (SSSR count). The van der Waals surface area contributed by atoms with Gasteiger partial charge in [0.1, 0.15) is 0 Å². The Kier molecular flexibility index (Phi) is 5.32. The van der Waals surface area contributed by atoms with Crippen molar-refractivity contribution in [2.75, 3.05) is 19.1 Å². The summed E-state index contributed by atoms with van der Waals surface area (Å²) < 4.78 is 22.6. The second kappa shape index (κ2) is 7.83. The normalized spacial score (nSPS) is 13.3. The van der Waals surface area contributed by atoms with Gasteiger partial charge in [-0.25, -0.2) is 4.79 Å². The maximum Gasteiger partial charge on any atom is 0.315 e. The lowest BCUT2D eigenvalue weighted by atomic mass is 10.2. The second-order valence-electron chi connectivity index (χ2n) is 5.16. The number of ether oxygens (including phenoxy) is 2. The number of carbonyl (C=O) groups is 1. The van der Waals surface area contributed by atoms with Crippen molar-refractivity contribution in [2.45, 2.75) is 11.4 Å². The lowest BCUT2D eigenvalue weighted by Crippen LogP contribution is -2.37. The number of hydrogen-bond acceptors (Lipinski definition) is 4. The number of hydrogen-bond donors (Lipinski definition) is 2. The van der Waals surface area contributed by atoms with E-state index < -0.39 is 10.8 Å².